The van der Waals surface area contributed by atoms with Gasteiger partial charge in [0.2, 0.25) is 0 Å². The Labute approximate surface area is 803 Å². The number of hydrogen-bond donors (Lipinski definition) is 0. The van der Waals surface area contributed by atoms with Gasteiger partial charge in [0.25, 0.3) is 22.6 Å². The van der Waals surface area contributed by atoms with Crippen molar-refractivity contribution in [3.05, 3.63) is 330 Å². The Balaban J connectivity index is 0.0000000887. The summed E-state index contributed by atoms with van der Waals surface area (Å²) >= 11 is 0. The van der Waals surface area contributed by atoms with E-state index >= 15 is 0 Å². The molecule has 0 saturated heterocycles. The maximum atomic E-state index is 8.69. The summed E-state index contributed by atoms with van der Waals surface area (Å²) in [5, 5.41) is 13.4. The Morgan fingerprint density at radius 3 is 1.06 bits per heavy atom. The van der Waals surface area contributed by atoms with E-state index in [-0.39, 0.29) is 20.1 Å². The molecule has 31 rings (SSSR count). The second-order valence-electron chi connectivity index (χ2n) is 41.6. The first-order chi connectivity index (χ1) is 66.3. The van der Waals surface area contributed by atoms with Gasteiger partial charge in [-0.15, -0.1) is 12.1 Å². The van der Waals surface area contributed by atoms with Crippen molar-refractivity contribution >= 4 is 209 Å². The molecule has 2 fully saturated rings. The topological polar surface area (TPSA) is 115 Å². The number of rotatable bonds is 7. The van der Waals surface area contributed by atoms with E-state index in [4.69, 9.17) is 31.3 Å². The standard InChI is InChI=1S/C26H30N3Si2.C25H22N3.C23H18N3.2C22H18N3.Ir/c1-30(2,3)26(31(4,5)6)18-10-9-13-21-23(18)24-22-17(14-15-27-24)16-28-19-11-7-8-12-20(19)29(21)25(22)28;1-2-7-16(8-3-1)18-9-6-12-21-23(18)24-22-17(13-14-26-24)15-27-19-10-4-5-11-20(19)28(21)25(22)27;1-2-8-15(7-1)16-9-5-13-20-21(16)22-17(10-6-14-24-22)23-25-18-11-3-4-12-19(18)26(20)23;2*1-13(2)15-6-5-9-18-20(15)21-19-14(10-11-23-21)12-24-16-7-3-4-8-17(16)25(18)22(19)24;/h7-15,26H,16H2,1-6H3;4-6,9-14,16H,1-3,7-8,15H2;3-6,9,11-15H,1-2,7-8H2;2*3-11,13H,12H2,1-2H3;/q2*+1;-1;2*+1;/i;;;13D;;. The third-order valence-corrected chi connectivity index (χ3v) is 40.5. The first kappa shape index (κ1) is 81.9. The molecule has 0 N–H and O–H groups in total. The number of pyridine rings is 10. The van der Waals surface area contributed by atoms with E-state index in [1.807, 2.05) is 57.0 Å². The summed E-state index contributed by atoms with van der Waals surface area (Å²) in [4.78, 5) is 29.3. The van der Waals surface area contributed by atoms with Crippen LogP contribution in [0.15, 0.2) is 274 Å². The summed E-state index contributed by atoms with van der Waals surface area (Å²) in [6.07, 6.45) is 21.7. The van der Waals surface area contributed by atoms with Crippen molar-refractivity contribution in [3.63, 3.8) is 0 Å². The SMILES string of the molecule is CC(C)c1cccc2c1c1nccc3c1c1n2c2ccccc2[n+]1C3.C[Si](C)(C)C(c1cccc2c1c1nccc3c1c1n2c2ccccc2[n+]1C3)[Si](C)(C)C.[2H]C(C)(C)c1cccc2c1c1nccc3c1c1n2c2ccccc2[n+]1C3.[Ir].[c-]1ccnc2c1c1nc3ccccc3n1c1cccc(C3CCCC3)c21.c1cc(C2CCCCC2)c2c3nccc4c3c3n(c2c1)c1ccccc1[n+]3C4. The second kappa shape index (κ2) is 31.2. The molecule has 4 aliphatic heterocycles. The first-order valence-corrected chi connectivity index (χ1v) is 56.1. The van der Waals surface area contributed by atoms with Gasteiger partial charge in [0, 0.05) is 90.2 Å². The summed E-state index contributed by atoms with van der Waals surface area (Å²) in [7, 11) is -2.91. The zero-order valence-corrected chi connectivity index (χ0v) is 82.9. The Hall–Kier alpha value is -13.6. The van der Waals surface area contributed by atoms with Crippen molar-refractivity contribution < 1.29 is 39.7 Å². The van der Waals surface area contributed by atoms with E-state index in [2.05, 4.69) is 330 Å². The molecule has 2 saturated carbocycles. The molecule has 1 radical (unpaired) electrons. The minimum absolute atomic E-state index is 0. The molecule has 667 valence electrons. The van der Waals surface area contributed by atoms with Gasteiger partial charge in [-0.1, -0.05) is 232 Å². The molecule has 15 nitrogen and oxygen atoms in total. The maximum absolute atomic E-state index is 8.69. The van der Waals surface area contributed by atoms with Crippen LogP contribution in [0.5, 0.6) is 0 Å². The van der Waals surface area contributed by atoms with Crippen molar-refractivity contribution in [2.24, 2.45) is 0 Å². The largest absolute Gasteiger partial charge is 0.351 e. The number of fused-ring (bicyclic) bond motifs is 32. The summed E-state index contributed by atoms with van der Waals surface area (Å²) in [6, 6.07) is 91.0. The van der Waals surface area contributed by atoms with Crippen LogP contribution >= 0.6 is 0 Å². The molecule has 0 bridgehead atoms. The molecule has 136 heavy (non-hydrogen) atoms. The van der Waals surface area contributed by atoms with E-state index in [0.29, 0.717) is 22.9 Å². The van der Waals surface area contributed by atoms with Crippen molar-refractivity contribution in [2.45, 2.75) is 180 Å². The van der Waals surface area contributed by atoms with Crippen LogP contribution < -0.4 is 18.3 Å². The fraction of sp³-hybridized carbons (Fsp3) is 0.237. The third-order valence-electron chi connectivity index (χ3n) is 31.2. The molecule has 0 unspecified atom stereocenters. The molecular formula is C118H106IrN15Si2+3. The minimum Gasteiger partial charge on any atom is -0.351 e. The van der Waals surface area contributed by atoms with Crippen molar-refractivity contribution in [1.82, 2.24) is 51.9 Å². The van der Waals surface area contributed by atoms with Crippen LogP contribution in [-0.2, 0) is 46.3 Å². The first-order valence-electron chi connectivity index (χ1n) is 49.4. The molecule has 18 heteroatoms. The fourth-order valence-corrected chi connectivity index (χ4v) is 39.1. The Kier molecular flexibility index (Phi) is 18.8. The molecule has 19 heterocycles. The fourth-order valence-electron chi connectivity index (χ4n) is 26.3. The molecular weight excluding hydrogens is 1880 g/mol. The van der Waals surface area contributed by atoms with Gasteiger partial charge in [-0.05, 0) is 208 Å². The zero-order chi connectivity index (χ0) is 91.4. The van der Waals surface area contributed by atoms with Gasteiger partial charge >= 0.3 is 0 Å². The second-order valence-corrected chi connectivity index (χ2v) is 52.8. The van der Waals surface area contributed by atoms with Gasteiger partial charge in [-0.2, -0.15) is 17.6 Å². The molecule has 10 aromatic carbocycles. The maximum Gasteiger partial charge on any atom is 0.298 e. The number of aromatic nitrogens is 15. The third kappa shape index (κ3) is 12.0. The number of benzene rings is 10. The predicted molar refractivity (Wildman–Crippen MR) is 557 cm³/mol. The summed E-state index contributed by atoms with van der Waals surface area (Å²) in [5.41, 5.74) is 42.7. The van der Waals surface area contributed by atoms with Crippen molar-refractivity contribution in [3.8, 4) is 0 Å². The molecule has 15 aromatic heterocycles. The van der Waals surface area contributed by atoms with Gasteiger partial charge in [0.15, 0.2) is 44.1 Å². The Morgan fingerprint density at radius 1 is 0.324 bits per heavy atom. The Morgan fingerprint density at radius 2 is 0.647 bits per heavy atom. The van der Waals surface area contributed by atoms with Gasteiger partial charge in [-0.25, -0.2) is 18.3 Å². The molecule has 6 aliphatic rings. The average Bonchev–Trinajstić information content (AvgIpc) is 1.55. The van der Waals surface area contributed by atoms with Crippen LogP contribution in [0.4, 0.5) is 0 Å². The number of hydrogen-bond acceptors (Lipinski definition) is 6. The van der Waals surface area contributed by atoms with Gasteiger partial charge < -0.3 is 9.38 Å². The van der Waals surface area contributed by atoms with Crippen LogP contribution in [-0.4, -0.2) is 68.1 Å². The zero-order valence-electron chi connectivity index (χ0n) is 79.5. The van der Waals surface area contributed by atoms with Crippen LogP contribution in [0.25, 0.3) is 192 Å². The minimum atomic E-state index is -1.45. The van der Waals surface area contributed by atoms with Crippen LogP contribution in [0.1, 0.15) is 166 Å². The molecule has 0 spiro atoms. The average molecular weight is 1980 g/mol. The Bertz CT molecular complexity index is 9510. The smallest absolute Gasteiger partial charge is 0.298 e. The number of nitrogens with zero attached hydrogens (tertiary/aromatic N) is 15. The quantitative estimate of drug-likeness (QED) is 0.0679. The summed E-state index contributed by atoms with van der Waals surface area (Å²) < 4.78 is 30.6. The van der Waals surface area contributed by atoms with Crippen molar-refractivity contribution in [1.29, 1.82) is 0 Å². The van der Waals surface area contributed by atoms with E-state index in [1.165, 1.54) is 240 Å². The van der Waals surface area contributed by atoms with E-state index in [1.54, 1.807) is 5.56 Å². The monoisotopic (exact) mass is 1980 g/mol. The number of imidazole rings is 5. The number of para-hydroxylation sites is 10. The van der Waals surface area contributed by atoms with Gasteiger partial charge in [-0.3, -0.25) is 24.9 Å². The van der Waals surface area contributed by atoms with Gasteiger partial charge in [0.05, 0.1) is 81.8 Å². The van der Waals surface area contributed by atoms with Crippen LogP contribution in [0.3, 0.4) is 0 Å². The normalized spacial score (nSPS) is 14.9. The molecule has 2 aliphatic carbocycles. The predicted octanol–water partition coefficient (Wildman–Crippen LogP) is 26.5. The van der Waals surface area contributed by atoms with Crippen LogP contribution in [0, 0.1) is 6.07 Å². The summed E-state index contributed by atoms with van der Waals surface area (Å²) in [5.74, 6) is 1.07. The van der Waals surface area contributed by atoms with Gasteiger partial charge in [0.1, 0.15) is 48.2 Å². The van der Waals surface area contributed by atoms with E-state index in [0.717, 1.165) is 81.3 Å². The molecule has 0 atom stereocenters. The van der Waals surface area contributed by atoms with Crippen LogP contribution in [0.2, 0.25) is 39.3 Å². The van der Waals surface area contributed by atoms with Crippen molar-refractivity contribution in [2.75, 3.05) is 0 Å². The van der Waals surface area contributed by atoms with E-state index in [9.17, 15) is 0 Å². The molecule has 0 amide bonds. The summed E-state index contributed by atoms with van der Waals surface area (Å²) in [6.45, 7) is 27.4. The molecule has 25 aromatic rings. The van der Waals surface area contributed by atoms with E-state index < -0.39 is 22.0 Å².